The second kappa shape index (κ2) is 17.2. The average molecular weight is 566 g/mol. The van der Waals surface area contributed by atoms with Crippen LogP contribution in [0.4, 0.5) is 0 Å². The number of nitrogens with one attached hydrogen (secondary N) is 2. The molecular weight excluding hydrogens is 527 g/mol. The zero-order chi connectivity index (χ0) is 22.3. The summed E-state index contributed by atoms with van der Waals surface area (Å²) in [6, 6.07) is 6.25. The number of nitrogens with zero attached hydrogens (tertiary/aromatic N) is 2. The lowest BCUT2D eigenvalue weighted by Gasteiger charge is -2.35. The summed E-state index contributed by atoms with van der Waals surface area (Å²) in [5, 5.41) is 6.82. The van der Waals surface area contributed by atoms with Gasteiger partial charge in [0.25, 0.3) is 0 Å². The molecule has 1 saturated heterocycles. The smallest absolute Gasteiger partial charge is 0.191 e. The number of hydrogen-bond acceptors (Lipinski definition) is 7. The Bertz CT molecular complexity index is 659. The normalized spacial score (nSPS) is 15.6. The Hall–Kier alpha value is -1.34. The lowest BCUT2D eigenvalue weighted by molar-refractivity contribution is 0.0169. The first-order chi connectivity index (χ1) is 15.2. The predicted molar refractivity (Wildman–Crippen MR) is 137 cm³/mol. The highest BCUT2D eigenvalue weighted by Gasteiger charge is 2.24. The monoisotopic (exact) mass is 566 g/mol. The molecule has 1 aliphatic heterocycles. The molecule has 0 radical (unpaired) electrons. The highest BCUT2D eigenvalue weighted by molar-refractivity contribution is 14.0. The largest absolute Gasteiger partial charge is 0.493 e. The molecule has 1 aromatic rings. The van der Waals surface area contributed by atoms with Crippen LogP contribution >= 0.6 is 24.0 Å². The van der Waals surface area contributed by atoms with Gasteiger partial charge in [0.2, 0.25) is 0 Å². The summed E-state index contributed by atoms with van der Waals surface area (Å²) in [7, 11) is 6.77. The van der Waals surface area contributed by atoms with E-state index in [1.807, 2.05) is 12.1 Å². The first-order valence-corrected chi connectivity index (χ1v) is 10.8. The standard InChI is InChI=1S/C22H38N4O5.HI/c1-23-22(24-8-5-11-30-15-14-27-2)25-17-19(26-9-12-31-13-10-26)18-6-7-20(28-3)21(16-18)29-4;/h6-7,16,19H,5,8-15,17H2,1-4H3,(H2,23,24,25);1H. The van der Waals surface area contributed by atoms with E-state index in [1.54, 1.807) is 28.4 Å². The van der Waals surface area contributed by atoms with Crippen LogP contribution in [0.2, 0.25) is 0 Å². The highest BCUT2D eigenvalue weighted by Crippen LogP contribution is 2.32. The summed E-state index contributed by atoms with van der Waals surface area (Å²) < 4.78 is 26.9. The van der Waals surface area contributed by atoms with Gasteiger partial charge in [-0.2, -0.15) is 0 Å². The zero-order valence-electron chi connectivity index (χ0n) is 19.7. The van der Waals surface area contributed by atoms with Crippen molar-refractivity contribution in [2.24, 2.45) is 4.99 Å². The molecule has 1 heterocycles. The Morgan fingerprint density at radius 2 is 1.81 bits per heavy atom. The van der Waals surface area contributed by atoms with Gasteiger partial charge in [-0.05, 0) is 24.1 Å². The molecule has 1 aromatic carbocycles. The van der Waals surface area contributed by atoms with E-state index >= 15 is 0 Å². The van der Waals surface area contributed by atoms with Gasteiger partial charge in [-0.25, -0.2) is 0 Å². The van der Waals surface area contributed by atoms with E-state index < -0.39 is 0 Å². The van der Waals surface area contributed by atoms with Crippen molar-refractivity contribution in [3.8, 4) is 11.5 Å². The average Bonchev–Trinajstić information content (AvgIpc) is 2.82. The molecule has 32 heavy (non-hydrogen) atoms. The van der Waals surface area contributed by atoms with Gasteiger partial charge in [0.15, 0.2) is 17.5 Å². The summed E-state index contributed by atoms with van der Waals surface area (Å²) in [5.41, 5.74) is 1.16. The first-order valence-electron chi connectivity index (χ1n) is 10.8. The van der Waals surface area contributed by atoms with Crippen molar-refractivity contribution in [2.45, 2.75) is 12.5 Å². The first kappa shape index (κ1) is 28.7. The number of ether oxygens (including phenoxy) is 5. The maximum absolute atomic E-state index is 5.55. The molecule has 2 N–H and O–H groups in total. The second-order valence-corrected chi connectivity index (χ2v) is 7.12. The quantitative estimate of drug-likeness (QED) is 0.162. The third kappa shape index (κ3) is 9.65. The Labute approximate surface area is 209 Å². The minimum atomic E-state index is 0. The molecule has 1 fully saturated rings. The van der Waals surface area contributed by atoms with Crippen molar-refractivity contribution >= 4 is 29.9 Å². The lowest BCUT2D eigenvalue weighted by atomic mass is 10.0. The molecule has 0 bridgehead atoms. The fourth-order valence-electron chi connectivity index (χ4n) is 3.45. The number of rotatable bonds is 13. The van der Waals surface area contributed by atoms with Crippen molar-refractivity contribution in [3.63, 3.8) is 0 Å². The van der Waals surface area contributed by atoms with Crippen LogP contribution in [0.3, 0.4) is 0 Å². The van der Waals surface area contributed by atoms with E-state index in [4.69, 9.17) is 23.7 Å². The van der Waals surface area contributed by atoms with E-state index in [1.165, 1.54) is 0 Å². The van der Waals surface area contributed by atoms with Gasteiger partial charge in [-0.15, -0.1) is 24.0 Å². The van der Waals surface area contributed by atoms with Crippen LogP contribution in [0.25, 0.3) is 0 Å². The SMILES string of the molecule is CN=C(NCCCOCCOC)NCC(c1ccc(OC)c(OC)c1)N1CCOCC1.I. The molecule has 184 valence electrons. The molecule has 0 saturated carbocycles. The number of aliphatic imine (C=N–C) groups is 1. The van der Waals surface area contributed by atoms with Crippen molar-refractivity contribution < 1.29 is 23.7 Å². The molecule has 0 spiro atoms. The molecule has 10 heteroatoms. The summed E-state index contributed by atoms with van der Waals surface area (Å²) in [6.07, 6.45) is 0.896. The highest BCUT2D eigenvalue weighted by atomic mass is 127. The molecule has 0 amide bonds. The van der Waals surface area contributed by atoms with Gasteiger partial charge in [-0.3, -0.25) is 9.89 Å². The lowest BCUT2D eigenvalue weighted by Crippen LogP contribution is -2.46. The van der Waals surface area contributed by atoms with Crippen molar-refractivity contribution in [3.05, 3.63) is 23.8 Å². The number of guanidine groups is 1. The van der Waals surface area contributed by atoms with Crippen molar-refractivity contribution in [1.29, 1.82) is 0 Å². The van der Waals surface area contributed by atoms with Crippen LogP contribution in [-0.2, 0) is 14.2 Å². The van der Waals surface area contributed by atoms with E-state index in [0.717, 1.165) is 62.3 Å². The van der Waals surface area contributed by atoms with Gasteiger partial charge in [0.05, 0.1) is 46.7 Å². The van der Waals surface area contributed by atoms with Gasteiger partial charge >= 0.3 is 0 Å². The maximum atomic E-state index is 5.55. The summed E-state index contributed by atoms with van der Waals surface area (Å²) in [4.78, 5) is 6.78. The van der Waals surface area contributed by atoms with E-state index in [0.29, 0.717) is 26.4 Å². The second-order valence-electron chi connectivity index (χ2n) is 7.12. The number of hydrogen-bond donors (Lipinski definition) is 2. The van der Waals surface area contributed by atoms with Crippen LogP contribution in [0.15, 0.2) is 23.2 Å². The van der Waals surface area contributed by atoms with E-state index in [9.17, 15) is 0 Å². The van der Waals surface area contributed by atoms with Crippen molar-refractivity contribution in [1.82, 2.24) is 15.5 Å². The van der Waals surface area contributed by atoms with Gasteiger partial charge in [0, 0.05) is 46.9 Å². The van der Waals surface area contributed by atoms with Crippen LogP contribution < -0.4 is 20.1 Å². The van der Waals surface area contributed by atoms with Gasteiger partial charge < -0.3 is 34.3 Å². The molecular formula is C22H39IN4O5. The molecule has 1 unspecified atom stereocenters. The summed E-state index contributed by atoms with van der Waals surface area (Å²) >= 11 is 0. The number of morpholine rings is 1. The Kier molecular flexibility index (Phi) is 15.4. The summed E-state index contributed by atoms with van der Waals surface area (Å²) in [5.74, 6) is 2.23. The molecule has 0 aromatic heterocycles. The molecule has 0 aliphatic carbocycles. The minimum absolute atomic E-state index is 0. The number of benzene rings is 1. The predicted octanol–water partition coefficient (Wildman–Crippen LogP) is 1.91. The summed E-state index contributed by atoms with van der Waals surface area (Å²) in [6.45, 7) is 6.66. The Morgan fingerprint density at radius 1 is 1.06 bits per heavy atom. The third-order valence-corrected chi connectivity index (χ3v) is 5.15. The Balaban J connectivity index is 0.00000512. The van der Waals surface area contributed by atoms with E-state index in [2.05, 4.69) is 26.6 Å². The molecule has 1 atom stereocenters. The molecule has 2 rings (SSSR count). The molecule has 9 nitrogen and oxygen atoms in total. The minimum Gasteiger partial charge on any atom is -0.493 e. The fraction of sp³-hybridized carbons (Fsp3) is 0.682. The van der Waals surface area contributed by atoms with E-state index in [-0.39, 0.29) is 30.0 Å². The van der Waals surface area contributed by atoms with Crippen LogP contribution in [-0.4, -0.2) is 98.4 Å². The van der Waals surface area contributed by atoms with Gasteiger partial charge in [0.1, 0.15) is 0 Å². The molecule has 1 aliphatic rings. The maximum Gasteiger partial charge on any atom is 0.191 e. The van der Waals surface area contributed by atoms with Crippen molar-refractivity contribution in [2.75, 3.05) is 87.6 Å². The topological polar surface area (TPSA) is 85.8 Å². The fourth-order valence-corrected chi connectivity index (χ4v) is 3.45. The number of methoxy groups -OCH3 is 3. The van der Waals surface area contributed by atoms with Gasteiger partial charge in [-0.1, -0.05) is 6.07 Å². The zero-order valence-corrected chi connectivity index (χ0v) is 22.1. The van der Waals surface area contributed by atoms with Crippen LogP contribution in [0.5, 0.6) is 11.5 Å². The third-order valence-electron chi connectivity index (χ3n) is 5.15. The van der Waals surface area contributed by atoms with Crippen LogP contribution in [0.1, 0.15) is 18.0 Å². The van der Waals surface area contributed by atoms with Crippen LogP contribution in [0, 0.1) is 0 Å². The Morgan fingerprint density at radius 3 is 2.47 bits per heavy atom. The number of halogens is 1.